The summed E-state index contributed by atoms with van der Waals surface area (Å²) >= 11 is 0. The van der Waals surface area contributed by atoms with E-state index in [1.165, 1.54) is 25.9 Å². The molecular weight excluding hydrogens is 404 g/mol. The number of ether oxygens (including phenoxy) is 3. The lowest BCUT2D eigenvalue weighted by atomic mass is 10.0. The minimum absolute atomic E-state index is 0.137. The van der Waals surface area contributed by atoms with E-state index in [-0.39, 0.29) is 11.3 Å². The summed E-state index contributed by atoms with van der Waals surface area (Å²) in [6.45, 7) is 4.28. The predicted octanol–water partition coefficient (Wildman–Crippen LogP) is 5.94. The van der Waals surface area contributed by atoms with Crippen LogP contribution in [0.15, 0.2) is 72.8 Å². The molecule has 164 valence electrons. The number of esters is 1. The molecule has 0 saturated heterocycles. The Morgan fingerprint density at radius 2 is 1.41 bits per heavy atom. The average molecular weight is 431 g/mol. The largest absolute Gasteiger partial charge is 0.496 e. The van der Waals surface area contributed by atoms with Gasteiger partial charge in [0.2, 0.25) is 0 Å². The van der Waals surface area contributed by atoms with Crippen LogP contribution in [0.1, 0.15) is 51.6 Å². The smallest absolute Gasteiger partial charge is 0.351 e. The van der Waals surface area contributed by atoms with Gasteiger partial charge in [-0.05, 0) is 59.5 Å². The first kappa shape index (κ1) is 22.8. The first-order valence-electron chi connectivity index (χ1n) is 10.3. The molecule has 0 aliphatic heterocycles. The summed E-state index contributed by atoms with van der Waals surface area (Å²) in [7, 11) is 2.94. The van der Waals surface area contributed by atoms with Crippen LogP contribution in [0, 0.1) is 0 Å². The van der Waals surface area contributed by atoms with Gasteiger partial charge in [-0.1, -0.05) is 50.3 Å². The number of ketones is 1. The second-order valence-electron chi connectivity index (χ2n) is 7.47. The molecule has 0 aromatic heterocycles. The Balaban J connectivity index is 1.68. The lowest BCUT2D eigenvalue weighted by molar-refractivity contribution is 0.0727. The van der Waals surface area contributed by atoms with Crippen LogP contribution in [0.5, 0.6) is 17.2 Å². The zero-order chi connectivity index (χ0) is 23.1. The number of methoxy groups -OCH3 is 2. The molecule has 5 heteroatoms. The fourth-order valence-corrected chi connectivity index (χ4v) is 3.16. The highest BCUT2D eigenvalue weighted by Crippen LogP contribution is 2.29. The molecule has 0 heterocycles. The molecule has 0 saturated carbocycles. The van der Waals surface area contributed by atoms with Crippen molar-refractivity contribution in [2.24, 2.45) is 0 Å². The second kappa shape index (κ2) is 10.4. The number of hydrogen-bond acceptors (Lipinski definition) is 5. The molecule has 0 spiro atoms. The summed E-state index contributed by atoms with van der Waals surface area (Å²) in [4.78, 5) is 25.1. The maximum absolute atomic E-state index is 12.7. The number of rotatable bonds is 8. The van der Waals surface area contributed by atoms with E-state index in [4.69, 9.17) is 14.2 Å². The standard InChI is InChI=1S/C27H26O5/c1-18(2)20-11-8-19(9-12-20)10-17-23(28)21-13-15-22(16-14-21)32-27(29)26-24(30-3)6-5-7-25(26)31-4/h5-18H,1-4H3. The van der Waals surface area contributed by atoms with Gasteiger partial charge in [0.1, 0.15) is 22.8 Å². The van der Waals surface area contributed by atoms with Crippen molar-refractivity contribution < 1.29 is 23.8 Å². The van der Waals surface area contributed by atoms with Crippen LogP contribution in [0.4, 0.5) is 0 Å². The molecule has 3 aromatic carbocycles. The molecule has 3 aromatic rings. The fraction of sp³-hybridized carbons (Fsp3) is 0.185. The summed E-state index contributed by atoms with van der Waals surface area (Å²) < 4.78 is 15.9. The van der Waals surface area contributed by atoms with Crippen molar-refractivity contribution in [3.8, 4) is 17.2 Å². The van der Waals surface area contributed by atoms with Crippen LogP contribution >= 0.6 is 0 Å². The molecule has 0 radical (unpaired) electrons. The highest BCUT2D eigenvalue weighted by atomic mass is 16.5. The van der Waals surface area contributed by atoms with E-state index in [9.17, 15) is 9.59 Å². The van der Waals surface area contributed by atoms with Gasteiger partial charge in [-0.3, -0.25) is 4.79 Å². The van der Waals surface area contributed by atoms with Crippen LogP contribution < -0.4 is 14.2 Å². The van der Waals surface area contributed by atoms with E-state index in [1.54, 1.807) is 48.5 Å². The normalized spacial score (nSPS) is 10.9. The molecule has 5 nitrogen and oxygen atoms in total. The maximum Gasteiger partial charge on any atom is 0.351 e. The first-order valence-corrected chi connectivity index (χ1v) is 10.3. The van der Waals surface area contributed by atoms with E-state index >= 15 is 0 Å². The second-order valence-corrected chi connectivity index (χ2v) is 7.47. The maximum atomic E-state index is 12.7. The van der Waals surface area contributed by atoms with E-state index in [1.807, 2.05) is 12.1 Å². The van der Waals surface area contributed by atoms with Crippen molar-refractivity contribution in [3.05, 3.63) is 95.1 Å². The molecule has 0 N–H and O–H groups in total. The monoisotopic (exact) mass is 430 g/mol. The van der Waals surface area contributed by atoms with Gasteiger partial charge < -0.3 is 14.2 Å². The van der Waals surface area contributed by atoms with Gasteiger partial charge in [0.25, 0.3) is 0 Å². The van der Waals surface area contributed by atoms with E-state index in [2.05, 4.69) is 26.0 Å². The molecule has 32 heavy (non-hydrogen) atoms. The zero-order valence-corrected chi connectivity index (χ0v) is 18.6. The van der Waals surface area contributed by atoms with E-state index < -0.39 is 5.97 Å². The van der Waals surface area contributed by atoms with Crippen LogP contribution in [0.25, 0.3) is 6.08 Å². The number of hydrogen-bond donors (Lipinski definition) is 0. The summed E-state index contributed by atoms with van der Waals surface area (Å²) in [6, 6.07) is 19.6. The van der Waals surface area contributed by atoms with Crippen LogP contribution in [-0.4, -0.2) is 26.0 Å². The van der Waals surface area contributed by atoms with Gasteiger partial charge in [-0.25, -0.2) is 4.79 Å². The van der Waals surface area contributed by atoms with Crippen molar-refractivity contribution in [1.82, 2.24) is 0 Å². The van der Waals surface area contributed by atoms with Gasteiger partial charge in [0.05, 0.1) is 14.2 Å². The number of carbonyl (C=O) groups is 2. The number of allylic oxidation sites excluding steroid dienone is 1. The van der Waals surface area contributed by atoms with Crippen molar-refractivity contribution in [1.29, 1.82) is 0 Å². The minimum atomic E-state index is -0.608. The number of benzene rings is 3. The Hall–Kier alpha value is -3.86. The molecule has 0 bridgehead atoms. The molecule has 0 unspecified atom stereocenters. The van der Waals surface area contributed by atoms with Gasteiger partial charge in [0, 0.05) is 5.56 Å². The fourth-order valence-electron chi connectivity index (χ4n) is 3.16. The topological polar surface area (TPSA) is 61.8 Å². The van der Waals surface area contributed by atoms with Gasteiger partial charge in [-0.2, -0.15) is 0 Å². The molecule has 0 atom stereocenters. The Bertz CT molecular complexity index is 1090. The summed E-state index contributed by atoms with van der Waals surface area (Å²) in [5, 5.41) is 0. The molecule has 0 amide bonds. The minimum Gasteiger partial charge on any atom is -0.496 e. The quantitative estimate of drug-likeness (QED) is 0.191. The third-order valence-corrected chi connectivity index (χ3v) is 5.01. The third-order valence-electron chi connectivity index (χ3n) is 5.01. The van der Waals surface area contributed by atoms with Crippen LogP contribution in [0.3, 0.4) is 0 Å². The lowest BCUT2D eigenvalue weighted by Crippen LogP contribution is -2.12. The number of carbonyl (C=O) groups excluding carboxylic acids is 2. The van der Waals surface area contributed by atoms with Crippen molar-refractivity contribution in [2.75, 3.05) is 14.2 Å². The Kier molecular flexibility index (Phi) is 7.45. The first-order chi connectivity index (χ1) is 15.4. The Morgan fingerprint density at radius 1 is 0.812 bits per heavy atom. The molecule has 0 aliphatic rings. The summed E-state index contributed by atoms with van der Waals surface area (Å²) in [6.07, 6.45) is 3.32. The SMILES string of the molecule is COc1cccc(OC)c1C(=O)Oc1ccc(C(=O)C=Cc2ccc(C(C)C)cc2)cc1. The van der Waals surface area contributed by atoms with Crippen LogP contribution in [0.2, 0.25) is 0 Å². The highest BCUT2D eigenvalue weighted by Gasteiger charge is 2.20. The van der Waals surface area contributed by atoms with Gasteiger partial charge >= 0.3 is 5.97 Å². The van der Waals surface area contributed by atoms with Crippen molar-refractivity contribution in [2.45, 2.75) is 19.8 Å². The van der Waals surface area contributed by atoms with E-state index in [0.717, 1.165) is 5.56 Å². The summed E-state index contributed by atoms with van der Waals surface area (Å²) in [5.74, 6) is 0.741. The third kappa shape index (κ3) is 5.43. The lowest BCUT2D eigenvalue weighted by Gasteiger charge is -2.12. The zero-order valence-electron chi connectivity index (χ0n) is 18.6. The van der Waals surface area contributed by atoms with Gasteiger partial charge in [-0.15, -0.1) is 0 Å². The molecular formula is C27H26O5. The predicted molar refractivity (Wildman–Crippen MR) is 125 cm³/mol. The Morgan fingerprint density at radius 3 is 1.94 bits per heavy atom. The van der Waals surface area contributed by atoms with Gasteiger partial charge in [0.15, 0.2) is 5.78 Å². The van der Waals surface area contributed by atoms with Crippen molar-refractivity contribution in [3.63, 3.8) is 0 Å². The molecule has 3 rings (SSSR count). The molecule has 0 fully saturated rings. The highest BCUT2D eigenvalue weighted by molar-refractivity contribution is 6.07. The average Bonchev–Trinajstić information content (AvgIpc) is 2.82. The Labute approximate surface area is 188 Å². The van der Waals surface area contributed by atoms with E-state index in [0.29, 0.717) is 28.7 Å². The molecule has 0 aliphatic carbocycles. The van der Waals surface area contributed by atoms with Crippen molar-refractivity contribution >= 4 is 17.8 Å². The summed E-state index contributed by atoms with van der Waals surface area (Å²) in [5.41, 5.74) is 2.90. The van der Waals surface area contributed by atoms with Crippen LogP contribution in [-0.2, 0) is 0 Å².